The summed E-state index contributed by atoms with van der Waals surface area (Å²) in [5.74, 6) is 0.380. The zero-order valence-electron chi connectivity index (χ0n) is 31.3. The molecule has 0 spiro atoms. The van der Waals surface area contributed by atoms with Crippen molar-refractivity contribution in [1.82, 2.24) is 14.5 Å². The van der Waals surface area contributed by atoms with Crippen LogP contribution in [-0.4, -0.2) is 14.5 Å². The molecule has 0 amide bonds. The van der Waals surface area contributed by atoms with Crippen molar-refractivity contribution in [2.75, 3.05) is 9.80 Å². The second-order valence-electron chi connectivity index (χ2n) is 14.9. The molecular formula is C47H36F2N5OPt-3. The van der Waals surface area contributed by atoms with E-state index in [4.69, 9.17) is 4.74 Å². The summed E-state index contributed by atoms with van der Waals surface area (Å²) in [4.78, 5) is 12.6. The van der Waals surface area contributed by atoms with E-state index in [1.165, 1.54) is 18.2 Å². The second-order valence-corrected chi connectivity index (χ2v) is 14.9. The number of pyridine rings is 2. The average Bonchev–Trinajstić information content (AvgIpc) is 3.70. The van der Waals surface area contributed by atoms with Crippen LogP contribution < -0.4 is 14.5 Å². The van der Waals surface area contributed by atoms with E-state index in [9.17, 15) is 0 Å². The van der Waals surface area contributed by atoms with Gasteiger partial charge in [0.2, 0.25) is 0 Å². The average molecular weight is 920 g/mol. The van der Waals surface area contributed by atoms with E-state index in [1.54, 1.807) is 17.8 Å². The van der Waals surface area contributed by atoms with E-state index in [-0.39, 0.29) is 32.2 Å². The topological polar surface area (TPSA) is 46.4 Å². The molecule has 0 fully saturated rings. The molecule has 0 N–H and O–H groups in total. The van der Waals surface area contributed by atoms with Gasteiger partial charge in [0.05, 0.1) is 5.69 Å². The first-order valence-corrected chi connectivity index (χ1v) is 18.1. The van der Waals surface area contributed by atoms with Gasteiger partial charge in [-0.2, -0.15) is 6.07 Å². The Hall–Kier alpha value is -5.85. The van der Waals surface area contributed by atoms with E-state index in [0.717, 1.165) is 61.1 Å². The molecule has 56 heavy (non-hydrogen) atoms. The molecule has 3 aromatic heterocycles. The molecule has 5 aromatic carbocycles. The first-order valence-electron chi connectivity index (χ1n) is 18.1. The van der Waals surface area contributed by atoms with Crippen LogP contribution in [0.5, 0.6) is 11.5 Å². The number of hydrogen-bond acceptors (Lipinski definition) is 5. The third kappa shape index (κ3) is 6.42. The number of para-hydroxylation sites is 2. The van der Waals surface area contributed by atoms with E-state index < -0.39 is 11.6 Å². The van der Waals surface area contributed by atoms with Crippen LogP contribution in [0.25, 0.3) is 38.8 Å². The van der Waals surface area contributed by atoms with Crippen molar-refractivity contribution in [3.8, 4) is 28.4 Å². The third-order valence-corrected chi connectivity index (χ3v) is 10.1. The molecule has 0 saturated heterocycles. The predicted molar refractivity (Wildman–Crippen MR) is 216 cm³/mol. The number of hydrogen-bond donors (Lipinski definition) is 0. The van der Waals surface area contributed by atoms with Crippen LogP contribution in [0.3, 0.4) is 0 Å². The SMILES string of the molecule is Cc1cncc(C)c1-c1cc(Oc2[c-]c3c(cc2)c2ccccc2n3-c2ccccn2)[c-]c(N2[CH-]N(c3c(F)cccc3F)c3cc(C(C)(C)C)ccc32)c1.[Pt]. The van der Waals surface area contributed by atoms with Crippen LogP contribution in [0.15, 0.2) is 122 Å². The molecule has 9 rings (SSSR count). The van der Waals surface area contributed by atoms with Gasteiger partial charge in [-0.1, -0.05) is 62.7 Å². The van der Waals surface area contributed by atoms with Gasteiger partial charge >= 0.3 is 0 Å². The Labute approximate surface area is 339 Å². The number of benzene rings is 5. The van der Waals surface area contributed by atoms with Crippen molar-refractivity contribution in [2.45, 2.75) is 40.0 Å². The van der Waals surface area contributed by atoms with Gasteiger partial charge in [0, 0.05) is 68.0 Å². The van der Waals surface area contributed by atoms with Gasteiger partial charge in [-0.15, -0.1) is 53.6 Å². The number of nitrogens with zero attached hydrogens (tertiary/aromatic N) is 5. The molecule has 9 heteroatoms. The Balaban J connectivity index is 0.00000441. The number of fused-ring (bicyclic) bond motifs is 4. The molecule has 4 heterocycles. The minimum atomic E-state index is -0.663. The summed E-state index contributed by atoms with van der Waals surface area (Å²) in [7, 11) is 0. The van der Waals surface area contributed by atoms with Gasteiger partial charge < -0.3 is 19.1 Å². The quantitative estimate of drug-likeness (QED) is 0.156. The molecule has 0 atom stereocenters. The van der Waals surface area contributed by atoms with Crippen LogP contribution in [0.4, 0.5) is 31.5 Å². The molecular weight excluding hydrogens is 884 g/mol. The summed E-state index contributed by atoms with van der Waals surface area (Å²) >= 11 is 0. The van der Waals surface area contributed by atoms with E-state index in [2.05, 4.69) is 65.6 Å². The molecule has 1 aliphatic heterocycles. The van der Waals surface area contributed by atoms with Crippen LogP contribution in [0.1, 0.15) is 37.5 Å². The fourth-order valence-electron chi connectivity index (χ4n) is 7.51. The zero-order chi connectivity index (χ0) is 38.0. The molecule has 0 radical (unpaired) electrons. The Morgan fingerprint density at radius 3 is 2.20 bits per heavy atom. The van der Waals surface area contributed by atoms with E-state index >= 15 is 8.78 Å². The number of rotatable bonds is 6. The van der Waals surface area contributed by atoms with Crippen molar-refractivity contribution >= 4 is 44.6 Å². The van der Waals surface area contributed by atoms with E-state index in [0.29, 0.717) is 22.9 Å². The first-order chi connectivity index (χ1) is 26.5. The summed E-state index contributed by atoms with van der Waals surface area (Å²) in [6, 6.07) is 39.0. The molecule has 0 bridgehead atoms. The summed E-state index contributed by atoms with van der Waals surface area (Å²) in [6.45, 7) is 12.1. The van der Waals surface area contributed by atoms with Gasteiger partial charge in [-0.25, -0.2) is 13.8 Å². The minimum absolute atomic E-state index is 0. The third-order valence-electron chi connectivity index (χ3n) is 10.1. The van der Waals surface area contributed by atoms with Crippen molar-refractivity contribution in [3.63, 3.8) is 0 Å². The van der Waals surface area contributed by atoms with Crippen molar-refractivity contribution < 1.29 is 34.6 Å². The molecule has 0 saturated carbocycles. The Bertz CT molecular complexity index is 2740. The number of halogens is 2. The number of ether oxygens (including phenoxy) is 1. The number of aryl methyl sites for hydroxylation is 2. The smallest absolute Gasteiger partial charge is 0.147 e. The van der Waals surface area contributed by atoms with Gasteiger partial charge in [-0.3, -0.25) is 4.98 Å². The molecule has 6 nitrogen and oxygen atoms in total. The maximum absolute atomic E-state index is 15.5. The molecule has 0 unspecified atom stereocenters. The fraction of sp³-hybridized carbons (Fsp3) is 0.128. The molecule has 0 aliphatic carbocycles. The summed E-state index contributed by atoms with van der Waals surface area (Å²) in [5, 5.41) is 2.10. The Kier molecular flexibility index (Phi) is 9.50. The normalized spacial score (nSPS) is 12.6. The van der Waals surface area contributed by atoms with Gasteiger partial charge in [0.1, 0.15) is 17.5 Å². The van der Waals surface area contributed by atoms with Crippen molar-refractivity contribution in [2.24, 2.45) is 0 Å². The van der Waals surface area contributed by atoms with Crippen LogP contribution in [0, 0.1) is 44.3 Å². The first kappa shape index (κ1) is 37.1. The fourth-order valence-corrected chi connectivity index (χ4v) is 7.51. The molecule has 282 valence electrons. The van der Waals surface area contributed by atoms with Gasteiger partial charge in [0.25, 0.3) is 0 Å². The van der Waals surface area contributed by atoms with Crippen LogP contribution in [-0.2, 0) is 26.5 Å². The van der Waals surface area contributed by atoms with Gasteiger partial charge in [0.15, 0.2) is 0 Å². The molecule has 1 aliphatic rings. The van der Waals surface area contributed by atoms with Crippen molar-refractivity contribution in [1.29, 1.82) is 0 Å². The number of aromatic nitrogens is 3. The predicted octanol–water partition coefficient (Wildman–Crippen LogP) is 12.2. The van der Waals surface area contributed by atoms with E-state index in [1.807, 2.05) is 97.9 Å². The van der Waals surface area contributed by atoms with Crippen LogP contribution >= 0.6 is 0 Å². The maximum Gasteiger partial charge on any atom is 0.147 e. The maximum atomic E-state index is 15.5. The van der Waals surface area contributed by atoms with Gasteiger partial charge in [-0.05, 0) is 89.4 Å². The minimum Gasteiger partial charge on any atom is -0.509 e. The van der Waals surface area contributed by atoms with Crippen LogP contribution in [0.2, 0.25) is 0 Å². The van der Waals surface area contributed by atoms with Crippen molar-refractivity contribution in [3.05, 3.63) is 169 Å². The Morgan fingerprint density at radius 1 is 0.714 bits per heavy atom. The summed E-state index contributed by atoms with van der Waals surface area (Å²) in [5.41, 5.74) is 8.39. The molecule has 8 aromatic rings. The standard InChI is InChI=1S/C47H36F2N5O.Pt/c1-29-26-50-27-30(2)45(29)31-21-33(52-28-53(46-38(48)12-10-13-39(46)49)43-23-32(47(3,4)5)16-19-41(43)52)24-35(22-31)55-34-17-18-37-36-11-6-7-14-40(36)54(42(37)25-34)44-15-8-9-20-51-44;/h6-23,26-28H,1-5H3;/q-3;. The second kappa shape index (κ2) is 14.3. The zero-order valence-corrected chi connectivity index (χ0v) is 33.6. The Morgan fingerprint density at radius 2 is 1.46 bits per heavy atom. The largest absolute Gasteiger partial charge is 0.509 e. The number of anilines is 4. The summed E-state index contributed by atoms with van der Waals surface area (Å²) in [6.07, 6.45) is 5.46. The summed E-state index contributed by atoms with van der Waals surface area (Å²) < 4.78 is 39.8. The monoisotopic (exact) mass is 919 g/mol.